The first-order chi connectivity index (χ1) is 7.19. The maximum Gasteiger partial charge on any atom is 0.190 e. The molecule has 0 saturated carbocycles. The average Bonchev–Trinajstić information content (AvgIpc) is 2.26. The number of Topliss-reactive ketones (excluding diaryl/α,β-unsaturated/α-hetero) is 1. The van der Waals surface area contributed by atoms with E-state index in [1.807, 2.05) is 6.92 Å². The van der Waals surface area contributed by atoms with Crippen LogP contribution in [0, 0.1) is 0 Å². The Morgan fingerprint density at radius 3 is 2.80 bits per heavy atom. The highest BCUT2D eigenvalue weighted by Crippen LogP contribution is 2.19. The van der Waals surface area contributed by atoms with Gasteiger partial charge in [-0.1, -0.05) is 0 Å². The van der Waals surface area contributed by atoms with Crippen molar-refractivity contribution < 1.29 is 14.3 Å². The number of nitrogen functional groups attached to an aromatic ring is 1. The maximum absolute atomic E-state index is 11.6. The Morgan fingerprint density at radius 2 is 2.20 bits per heavy atom. The molecule has 15 heavy (non-hydrogen) atoms. The lowest BCUT2D eigenvalue weighted by Gasteiger charge is -2.07. The van der Waals surface area contributed by atoms with Crippen molar-refractivity contribution in [2.45, 2.75) is 6.92 Å². The van der Waals surface area contributed by atoms with Crippen molar-refractivity contribution in [1.29, 1.82) is 0 Å². The summed E-state index contributed by atoms with van der Waals surface area (Å²) in [5.41, 5.74) is 6.58. The molecule has 0 amide bonds. The second-order valence-electron chi connectivity index (χ2n) is 3.01. The third-order valence-electron chi connectivity index (χ3n) is 2.00. The number of rotatable bonds is 5. The number of carbonyl (C=O) groups excluding carboxylic acids is 1. The van der Waals surface area contributed by atoms with Crippen LogP contribution >= 0.6 is 0 Å². The van der Waals surface area contributed by atoms with Crippen LogP contribution in [-0.4, -0.2) is 26.1 Å². The van der Waals surface area contributed by atoms with Gasteiger partial charge >= 0.3 is 0 Å². The fraction of sp³-hybridized carbons (Fsp3) is 0.364. The van der Waals surface area contributed by atoms with E-state index >= 15 is 0 Å². The topological polar surface area (TPSA) is 61.5 Å². The van der Waals surface area contributed by atoms with Crippen molar-refractivity contribution in [3.05, 3.63) is 23.8 Å². The van der Waals surface area contributed by atoms with Gasteiger partial charge in [0, 0.05) is 17.9 Å². The second-order valence-corrected chi connectivity index (χ2v) is 3.01. The molecule has 0 aliphatic carbocycles. The number of ether oxygens (including phenoxy) is 2. The molecule has 1 rings (SSSR count). The quantitative estimate of drug-likeness (QED) is 0.589. The molecule has 0 spiro atoms. The van der Waals surface area contributed by atoms with E-state index in [2.05, 4.69) is 0 Å². The molecule has 0 fully saturated rings. The van der Waals surface area contributed by atoms with Crippen LogP contribution in [0.3, 0.4) is 0 Å². The van der Waals surface area contributed by atoms with Crippen LogP contribution < -0.4 is 10.5 Å². The molecule has 1 aromatic rings. The zero-order valence-electron chi connectivity index (χ0n) is 8.95. The van der Waals surface area contributed by atoms with Crippen molar-refractivity contribution in [2.75, 3.05) is 26.1 Å². The van der Waals surface area contributed by atoms with E-state index in [-0.39, 0.29) is 12.4 Å². The standard InChI is InChI=1S/C11H15NO3/c1-3-15-7-11(13)9-6-8(14-2)4-5-10(9)12/h4-6H,3,7,12H2,1-2H3. The normalized spacial score (nSPS) is 10.0. The van der Waals surface area contributed by atoms with Crippen LogP contribution in [0.4, 0.5) is 5.69 Å². The lowest BCUT2D eigenvalue weighted by molar-refractivity contribution is 0.0784. The van der Waals surface area contributed by atoms with Gasteiger partial charge in [-0.2, -0.15) is 0 Å². The smallest absolute Gasteiger partial charge is 0.190 e. The number of methoxy groups -OCH3 is 1. The first-order valence-corrected chi connectivity index (χ1v) is 4.73. The Labute approximate surface area is 89.0 Å². The summed E-state index contributed by atoms with van der Waals surface area (Å²) in [6.45, 7) is 2.39. The van der Waals surface area contributed by atoms with Crippen LogP contribution in [0.1, 0.15) is 17.3 Å². The molecule has 4 nitrogen and oxygen atoms in total. The average molecular weight is 209 g/mol. The lowest BCUT2D eigenvalue weighted by Crippen LogP contribution is -2.11. The van der Waals surface area contributed by atoms with E-state index < -0.39 is 0 Å². The molecule has 4 heteroatoms. The molecular weight excluding hydrogens is 194 g/mol. The second kappa shape index (κ2) is 5.36. The first kappa shape index (κ1) is 11.5. The van der Waals surface area contributed by atoms with Gasteiger partial charge in [-0.15, -0.1) is 0 Å². The van der Waals surface area contributed by atoms with Gasteiger partial charge in [0.05, 0.1) is 7.11 Å². The van der Waals surface area contributed by atoms with Gasteiger partial charge in [-0.05, 0) is 25.1 Å². The van der Waals surface area contributed by atoms with Crippen molar-refractivity contribution >= 4 is 11.5 Å². The highest BCUT2D eigenvalue weighted by molar-refractivity contribution is 6.02. The Hall–Kier alpha value is -1.55. The van der Waals surface area contributed by atoms with E-state index in [1.54, 1.807) is 25.3 Å². The SMILES string of the molecule is CCOCC(=O)c1cc(OC)ccc1N. The van der Waals surface area contributed by atoms with E-state index in [0.29, 0.717) is 23.6 Å². The molecular formula is C11H15NO3. The zero-order chi connectivity index (χ0) is 11.3. The van der Waals surface area contributed by atoms with Crippen LogP contribution in [0.15, 0.2) is 18.2 Å². The fourth-order valence-corrected chi connectivity index (χ4v) is 1.18. The molecule has 0 unspecified atom stereocenters. The van der Waals surface area contributed by atoms with Crippen molar-refractivity contribution in [3.63, 3.8) is 0 Å². The summed E-state index contributed by atoms with van der Waals surface area (Å²) >= 11 is 0. The monoisotopic (exact) mass is 209 g/mol. The summed E-state index contributed by atoms with van der Waals surface area (Å²) in [4.78, 5) is 11.6. The Kier molecular flexibility index (Phi) is 4.12. The zero-order valence-corrected chi connectivity index (χ0v) is 8.95. The van der Waals surface area contributed by atoms with Crippen molar-refractivity contribution in [1.82, 2.24) is 0 Å². The molecule has 0 saturated heterocycles. The number of nitrogens with two attached hydrogens (primary N) is 1. The summed E-state index contributed by atoms with van der Waals surface area (Å²) in [5.74, 6) is 0.484. The molecule has 0 radical (unpaired) electrons. The van der Waals surface area contributed by atoms with E-state index in [1.165, 1.54) is 0 Å². The molecule has 0 atom stereocenters. The third-order valence-corrected chi connectivity index (χ3v) is 2.00. The number of ketones is 1. The predicted octanol–water partition coefficient (Wildman–Crippen LogP) is 1.50. The minimum atomic E-state index is -0.131. The van der Waals surface area contributed by atoms with Gasteiger partial charge in [-0.3, -0.25) is 4.79 Å². The van der Waals surface area contributed by atoms with E-state index in [0.717, 1.165) is 0 Å². The van der Waals surface area contributed by atoms with Gasteiger partial charge in [0.15, 0.2) is 5.78 Å². The van der Waals surface area contributed by atoms with E-state index in [9.17, 15) is 4.79 Å². The molecule has 0 aliphatic heterocycles. The lowest BCUT2D eigenvalue weighted by atomic mass is 10.1. The maximum atomic E-state index is 11.6. The number of anilines is 1. The van der Waals surface area contributed by atoms with Crippen LogP contribution in [0.2, 0.25) is 0 Å². The fourth-order valence-electron chi connectivity index (χ4n) is 1.18. The third kappa shape index (κ3) is 2.95. The summed E-state index contributed by atoms with van der Waals surface area (Å²) in [6.07, 6.45) is 0. The first-order valence-electron chi connectivity index (χ1n) is 4.73. The predicted molar refractivity (Wildman–Crippen MR) is 58.2 cm³/mol. The van der Waals surface area contributed by atoms with Crippen molar-refractivity contribution in [2.24, 2.45) is 0 Å². The molecule has 2 N–H and O–H groups in total. The number of carbonyl (C=O) groups is 1. The highest BCUT2D eigenvalue weighted by atomic mass is 16.5. The van der Waals surface area contributed by atoms with Gasteiger partial charge in [-0.25, -0.2) is 0 Å². The number of hydrogen-bond acceptors (Lipinski definition) is 4. The molecule has 1 aromatic carbocycles. The summed E-state index contributed by atoms with van der Waals surface area (Å²) in [5, 5.41) is 0. The highest BCUT2D eigenvalue weighted by Gasteiger charge is 2.10. The molecule has 0 aromatic heterocycles. The van der Waals surface area contributed by atoms with Crippen LogP contribution in [-0.2, 0) is 4.74 Å². The Bertz CT molecular complexity index is 350. The molecule has 82 valence electrons. The van der Waals surface area contributed by atoms with Gasteiger partial charge < -0.3 is 15.2 Å². The Balaban J connectivity index is 2.86. The minimum absolute atomic E-state index is 0.0495. The van der Waals surface area contributed by atoms with Gasteiger partial charge in [0.2, 0.25) is 0 Å². The molecule has 0 heterocycles. The Morgan fingerprint density at radius 1 is 1.47 bits per heavy atom. The summed E-state index contributed by atoms with van der Waals surface area (Å²) < 4.78 is 10.0. The minimum Gasteiger partial charge on any atom is -0.497 e. The van der Waals surface area contributed by atoms with Crippen LogP contribution in [0.25, 0.3) is 0 Å². The number of hydrogen-bond donors (Lipinski definition) is 1. The van der Waals surface area contributed by atoms with Crippen LogP contribution in [0.5, 0.6) is 5.75 Å². The summed E-state index contributed by atoms with van der Waals surface area (Å²) in [7, 11) is 1.54. The van der Waals surface area contributed by atoms with Gasteiger partial charge in [0.1, 0.15) is 12.4 Å². The summed E-state index contributed by atoms with van der Waals surface area (Å²) in [6, 6.07) is 4.99. The van der Waals surface area contributed by atoms with Gasteiger partial charge in [0.25, 0.3) is 0 Å². The number of benzene rings is 1. The largest absolute Gasteiger partial charge is 0.497 e. The van der Waals surface area contributed by atoms with E-state index in [4.69, 9.17) is 15.2 Å². The molecule has 0 aliphatic rings. The molecule has 0 bridgehead atoms. The van der Waals surface area contributed by atoms with Crippen molar-refractivity contribution in [3.8, 4) is 5.75 Å².